The van der Waals surface area contributed by atoms with Gasteiger partial charge >= 0.3 is 0 Å². The maximum Gasteiger partial charge on any atom is 0.213 e. The molecule has 0 aliphatic rings. The Morgan fingerprint density at radius 3 is 2.50 bits per heavy atom. The van der Waals surface area contributed by atoms with Gasteiger partial charge in [-0.3, -0.25) is 4.40 Å². The van der Waals surface area contributed by atoms with Gasteiger partial charge in [0.15, 0.2) is 0 Å². The monoisotopic (exact) mass is 363 g/mol. The molecule has 5 heteroatoms. The van der Waals surface area contributed by atoms with Crippen molar-refractivity contribution in [2.75, 3.05) is 0 Å². The Kier molecular flexibility index (Phi) is 2.11. The molecule has 0 radical (unpaired) electrons. The van der Waals surface area contributed by atoms with E-state index in [2.05, 4.69) is 64.4 Å². The summed E-state index contributed by atoms with van der Waals surface area (Å²) in [5, 5.41) is 0. The van der Waals surface area contributed by atoms with Crippen molar-refractivity contribution in [3.8, 4) is 0 Å². The van der Waals surface area contributed by atoms with Crippen LogP contribution in [-0.2, 0) is 0 Å². The Morgan fingerprint density at radius 1 is 0.944 bits per heavy atom. The molecule has 0 amide bonds. The van der Waals surface area contributed by atoms with Crippen LogP contribution < -0.4 is 0 Å². The lowest BCUT2D eigenvalue weighted by Gasteiger charge is -1.96. The first kappa shape index (κ1) is 10.6. The zero-order chi connectivity index (χ0) is 12.3. The number of hydrogen-bond acceptors (Lipinski definition) is 1. The minimum atomic E-state index is 0.871. The standard InChI is InChI=1S/C13H7Br2N3/c14-7-1-3-9-11(5-7)18-12-6-8(15)2-4-10(12)17-13(18)16-9/h1-6H,(H,16,17). The molecular formula is C13H7Br2N3. The lowest BCUT2D eigenvalue weighted by molar-refractivity contribution is 1.28. The van der Waals surface area contributed by atoms with Gasteiger partial charge in [0.1, 0.15) is 0 Å². The molecule has 0 bridgehead atoms. The second kappa shape index (κ2) is 3.59. The summed E-state index contributed by atoms with van der Waals surface area (Å²) in [6.07, 6.45) is 0. The molecule has 18 heavy (non-hydrogen) atoms. The second-order valence-corrected chi connectivity index (χ2v) is 6.02. The SMILES string of the molecule is Brc1ccc2nc3[nH]c4ccc(Br)cc4n3c2c1. The van der Waals surface area contributed by atoms with E-state index in [0.29, 0.717) is 0 Å². The highest BCUT2D eigenvalue weighted by Gasteiger charge is 2.10. The van der Waals surface area contributed by atoms with Crippen LogP contribution in [0.2, 0.25) is 0 Å². The Hall–Kier alpha value is -1.33. The molecule has 0 atom stereocenters. The van der Waals surface area contributed by atoms with Crippen LogP contribution >= 0.6 is 31.9 Å². The fraction of sp³-hybridized carbons (Fsp3) is 0. The van der Waals surface area contributed by atoms with Crippen LogP contribution in [0.25, 0.3) is 27.8 Å². The van der Waals surface area contributed by atoms with Crippen molar-refractivity contribution in [3.05, 3.63) is 45.3 Å². The molecular weight excluding hydrogens is 358 g/mol. The maximum absolute atomic E-state index is 4.59. The number of hydrogen-bond donors (Lipinski definition) is 1. The number of imidazole rings is 2. The molecule has 0 unspecified atom stereocenters. The molecule has 0 spiro atoms. The first-order valence-corrected chi connectivity index (χ1v) is 7.06. The molecule has 4 rings (SSSR count). The molecule has 2 aromatic heterocycles. The minimum absolute atomic E-state index is 0.871. The normalized spacial score (nSPS) is 11.9. The molecule has 0 saturated carbocycles. The predicted octanol–water partition coefficient (Wildman–Crippen LogP) is 4.49. The van der Waals surface area contributed by atoms with Gasteiger partial charge in [0, 0.05) is 8.95 Å². The highest BCUT2D eigenvalue weighted by Crippen LogP contribution is 2.27. The van der Waals surface area contributed by atoms with Gasteiger partial charge < -0.3 is 4.98 Å². The fourth-order valence-corrected chi connectivity index (χ4v) is 2.99. The molecule has 0 aliphatic carbocycles. The predicted molar refractivity (Wildman–Crippen MR) is 80.0 cm³/mol. The van der Waals surface area contributed by atoms with E-state index >= 15 is 0 Å². The van der Waals surface area contributed by atoms with Crippen molar-refractivity contribution in [1.82, 2.24) is 14.4 Å². The summed E-state index contributed by atoms with van der Waals surface area (Å²) >= 11 is 7.02. The quantitative estimate of drug-likeness (QED) is 0.489. The van der Waals surface area contributed by atoms with Crippen molar-refractivity contribution in [3.63, 3.8) is 0 Å². The lowest BCUT2D eigenvalue weighted by atomic mass is 10.3. The van der Waals surface area contributed by atoms with E-state index in [4.69, 9.17) is 0 Å². The van der Waals surface area contributed by atoms with E-state index in [-0.39, 0.29) is 0 Å². The minimum Gasteiger partial charge on any atom is -0.323 e. The molecule has 0 saturated heterocycles. The summed E-state index contributed by atoms with van der Waals surface area (Å²) in [6, 6.07) is 12.3. The first-order valence-electron chi connectivity index (χ1n) is 5.47. The van der Waals surface area contributed by atoms with Crippen LogP contribution in [0.5, 0.6) is 0 Å². The molecule has 2 aromatic carbocycles. The smallest absolute Gasteiger partial charge is 0.213 e. The zero-order valence-corrected chi connectivity index (χ0v) is 12.3. The third kappa shape index (κ3) is 1.37. The van der Waals surface area contributed by atoms with E-state index in [1.165, 1.54) is 0 Å². The molecule has 88 valence electrons. The number of aromatic amines is 1. The highest BCUT2D eigenvalue weighted by molar-refractivity contribution is 9.10. The van der Waals surface area contributed by atoms with E-state index in [1.54, 1.807) is 0 Å². The van der Waals surface area contributed by atoms with Gasteiger partial charge in [-0.1, -0.05) is 31.9 Å². The summed E-state index contributed by atoms with van der Waals surface area (Å²) in [7, 11) is 0. The summed E-state index contributed by atoms with van der Waals surface area (Å²) in [5.74, 6) is 0.871. The average molecular weight is 365 g/mol. The van der Waals surface area contributed by atoms with Gasteiger partial charge in [-0.25, -0.2) is 4.98 Å². The van der Waals surface area contributed by atoms with Gasteiger partial charge in [0.25, 0.3) is 0 Å². The third-order valence-corrected chi connectivity index (χ3v) is 4.05. The maximum atomic E-state index is 4.59. The highest BCUT2D eigenvalue weighted by atomic mass is 79.9. The molecule has 0 aliphatic heterocycles. The first-order chi connectivity index (χ1) is 8.72. The number of rotatable bonds is 0. The second-order valence-electron chi connectivity index (χ2n) is 4.19. The van der Waals surface area contributed by atoms with Crippen molar-refractivity contribution in [2.24, 2.45) is 0 Å². The number of halogens is 2. The van der Waals surface area contributed by atoms with Gasteiger partial charge in [0.05, 0.1) is 22.1 Å². The van der Waals surface area contributed by atoms with Gasteiger partial charge in [-0.2, -0.15) is 0 Å². The number of nitrogens with zero attached hydrogens (tertiary/aromatic N) is 2. The van der Waals surface area contributed by atoms with E-state index in [0.717, 1.165) is 36.8 Å². The van der Waals surface area contributed by atoms with Crippen LogP contribution in [0.15, 0.2) is 45.3 Å². The van der Waals surface area contributed by atoms with Crippen LogP contribution in [0.4, 0.5) is 0 Å². The fourth-order valence-electron chi connectivity index (χ4n) is 2.29. The lowest BCUT2D eigenvalue weighted by Crippen LogP contribution is -1.80. The molecule has 1 N–H and O–H groups in total. The molecule has 3 nitrogen and oxygen atoms in total. The number of nitrogens with one attached hydrogen (secondary N) is 1. The molecule has 0 fully saturated rings. The number of fused-ring (bicyclic) bond motifs is 5. The Bertz CT molecular complexity index is 833. The van der Waals surface area contributed by atoms with E-state index < -0.39 is 0 Å². The molecule has 2 heterocycles. The largest absolute Gasteiger partial charge is 0.323 e. The molecule has 4 aromatic rings. The van der Waals surface area contributed by atoms with E-state index in [1.807, 2.05) is 18.2 Å². The number of aromatic nitrogens is 3. The van der Waals surface area contributed by atoms with Gasteiger partial charge in [-0.15, -0.1) is 0 Å². The third-order valence-electron chi connectivity index (χ3n) is 3.06. The van der Waals surface area contributed by atoms with Crippen molar-refractivity contribution in [1.29, 1.82) is 0 Å². The Labute approximate surface area is 119 Å². The summed E-state index contributed by atoms with van der Waals surface area (Å²) < 4.78 is 4.26. The number of H-pyrrole nitrogens is 1. The Morgan fingerprint density at radius 2 is 1.67 bits per heavy atom. The summed E-state index contributed by atoms with van der Waals surface area (Å²) in [6.45, 7) is 0. The van der Waals surface area contributed by atoms with Gasteiger partial charge in [-0.05, 0) is 36.4 Å². The Balaban J connectivity index is 2.30. The topological polar surface area (TPSA) is 33.1 Å². The van der Waals surface area contributed by atoms with Crippen molar-refractivity contribution in [2.45, 2.75) is 0 Å². The summed E-state index contributed by atoms with van der Waals surface area (Å²) in [5.41, 5.74) is 4.30. The van der Waals surface area contributed by atoms with Crippen LogP contribution in [0.3, 0.4) is 0 Å². The zero-order valence-electron chi connectivity index (χ0n) is 9.11. The van der Waals surface area contributed by atoms with Crippen molar-refractivity contribution >= 4 is 59.7 Å². The van der Waals surface area contributed by atoms with Crippen molar-refractivity contribution < 1.29 is 0 Å². The summed E-state index contributed by atoms with van der Waals surface area (Å²) in [4.78, 5) is 7.92. The number of benzene rings is 2. The van der Waals surface area contributed by atoms with E-state index in [9.17, 15) is 0 Å². The van der Waals surface area contributed by atoms with Crippen LogP contribution in [0.1, 0.15) is 0 Å². The van der Waals surface area contributed by atoms with Crippen LogP contribution in [0, 0.1) is 0 Å². The van der Waals surface area contributed by atoms with Crippen LogP contribution in [-0.4, -0.2) is 14.4 Å². The average Bonchev–Trinajstić information content (AvgIpc) is 2.85. The van der Waals surface area contributed by atoms with Gasteiger partial charge in [0.2, 0.25) is 5.78 Å².